The molecule has 0 unspecified atom stereocenters. The van der Waals surface area contributed by atoms with Crippen molar-refractivity contribution in [1.29, 1.82) is 0 Å². The van der Waals surface area contributed by atoms with Gasteiger partial charge in [0.1, 0.15) is 10.7 Å². The number of rotatable bonds is 8. The Morgan fingerprint density at radius 2 is 2.16 bits per heavy atom. The Kier molecular flexibility index (Phi) is 6.82. The van der Waals surface area contributed by atoms with Crippen molar-refractivity contribution in [3.63, 3.8) is 0 Å². The van der Waals surface area contributed by atoms with Crippen LogP contribution < -0.4 is 20.5 Å². The van der Waals surface area contributed by atoms with Crippen molar-refractivity contribution in [2.45, 2.75) is 20.8 Å². The first kappa shape index (κ1) is 18.8. The zero-order chi connectivity index (χ0) is 18.2. The molecule has 2 rings (SSSR count). The third-order valence-corrected chi connectivity index (χ3v) is 3.41. The first-order valence-electron chi connectivity index (χ1n) is 7.93. The molecule has 0 amide bonds. The molecule has 1 heterocycles. The van der Waals surface area contributed by atoms with Crippen LogP contribution in [0.1, 0.15) is 26.3 Å². The van der Waals surface area contributed by atoms with Gasteiger partial charge in [-0.05, 0) is 36.6 Å². The molecular weight excluding hydrogens is 344 g/mol. The van der Waals surface area contributed by atoms with E-state index in [0.717, 1.165) is 5.56 Å². The zero-order valence-electron chi connectivity index (χ0n) is 14.4. The number of benzene rings is 1. The Bertz CT molecular complexity index is 790. The van der Waals surface area contributed by atoms with E-state index in [2.05, 4.69) is 34.6 Å². The van der Waals surface area contributed by atoms with E-state index in [1.807, 2.05) is 25.1 Å². The minimum absolute atomic E-state index is 0.000381. The highest BCUT2D eigenvalue weighted by molar-refractivity contribution is 6.32. The van der Waals surface area contributed by atoms with Crippen LogP contribution in [-0.2, 0) is 0 Å². The summed E-state index contributed by atoms with van der Waals surface area (Å²) in [4.78, 5) is 11.4. The maximum atomic E-state index is 11.4. The molecule has 0 aliphatic heterocycles. The summed E-state index contributed by atoms with van der Waals surface area (Å²) in [5, 5.41) is 9.97. The Labute approximate surface area is 151 Å². The number of hydrazone groups is 1. The zero-order valence-corrected chi connectivity index (χ0v) is 15.1. The highest BCUT2D eigenvalue weighted by Gasteiger charge is 2.07. The van der Waals surface area contributed by atoms with Crippen molar-refractivity contribution in [1.82, 2.24) is 10.2 Å². The molecule has 0 bridgehead atoms. The summed E-state index contributed by atoms with van der Waals surface area (Å²) >= 11 is 5.87. The SMILES string of the molecule is CCOc1cc(/C=N\Nc2cn[nH]c(=O)c2Cl)ccc1OCC(C)C. The molecule has 0 aliphatic rings. The van der Waals surface area contributed by atoms with Gasteiger partial charge in [0.25, 0.3) is 5.56 Å². The Balaban J connectivity index is 2.12. The average Bonchev–Trinajstić information content (AvgIpc) is 2.58. The van der Waals surface area contributed by atoms with Crippen molar-refractivity contribution < 1.29 is 9.47 Å². The van der Waals surface area contributed by atoms with Crippen molar-refractivity contribution in [2.75, 3.05) is 18.6 Å². The molecule has 134 valence electrons. The van der Waals surface area contributed by atoms with E-state index < -0.39 is 5.56 Å². The first-order valence-corrected chi connectivity index (χ1v) is 8.31. The third kappa shape index (κ3) is 5.49. The Morgan fingerprint density at radius 1 is 1.36 bits per heavy atom. The summed E-state index contributed by atoms with van der Waals surface area (Å²) in [7, 11) is 0. The van der Waals surface area contributed by atoms with Gasteiger partial charge in [0.2, 0.25) is 0 Å². The van der Waals surface area contributed by atoms with Crippen molar-refractivity contribution in [3.05, 3.63) is 45.3 Å². The molecule has 0 atom stereocenters. The van der Waals surface area contributed by atoms with Gasteiger partial charge in [0, 0.05) is 0 Å². The normalized spacial score (nSPS) is 11.1. The summed E-state index contributed by atoms with van der Waals surface area (Å²) in [5.74, 6) is 1.78. The monoisotopic (exact) mass is 364 g/mol. The number of hydrogen-bond acceptors (Lipinski definition) is 6. The van der Waals surface area contributed by atoms with E-state index in [1.165, 1.54) is 6.20 Å². The fraction of sp³-hybridized carbons (Fsp3) is 0.353. The Morgan fingerprint density at radius 3 is 2.88 bits per heavy atom. The smallest absolute Gasteiger partial charge is 0.285 e. The van der Waals surface area contributed by atoms with Gasteiger partial charge in [-0.2, -0.15) is 10.2 Å². The van der Waals surface area contributed by atoms with Crippen LogP contribution in [0.25, 0.3) is 0 Å². The summed E-state index contributed by atoms with van der Waals surface area (Å²) in [6.45, 7) is 7.23. The van der Waals surface area contributed by atoms with Gasteiger partial charge in [-0.15, -0.1) is 0 Å². The molecule has 7 nitrogen and oxygen atoms in total. The number of aromatic amines is 1. The highest BCUT2D eigenvalue weighted by atomic mass is 35.5. The van der Waals surface area contributed by atoms with Crippen molar-refractivity contribution in [2.24, 2.45) is 11.0 Å². The third-order valence-electron chi connectivity index (χ3n) is 3.03. The quantitative estimate of drug-likeness (QED) is 0.554. The summed E-state index contributed by atoms with van der Waals surface area (Å²) < 4.78 is 11.4. The molecule has 0 saturated heterocycles. The second-order valence-electron chi connectivity index (χ2n) is 5.64. The van der Waals surface area contributed by atoms with Crippen LogP contribution in [0.15, 0.2) is 34.3 Å². The van der Waals surface area contributed by atoms with E-state index in [1.54, 1.807) is 6.21 Å². The molecule has 8 heteroatoms. The lowest BCUT2D eigenvalue weighted by Crippen LogP contribution is -2.10. The van der Waals surface area contributed by atoms with E-state index in [0.29, 0.717) is 36.3 Å². The average molecular weight is 365 g/mol. The summed E-state index contributed by atoms with van der Waals surface area (Å²) in [6.07, 6.45) is 2.97. The van der Waals surface area contributed by atoms with Gasteiger partial charge in [0.05, 0.1) is 25.6 Å². The summed E-state index contributed by atoms with van der Waals surface area (Å²) in [6, 6.07) is 5.54. The largest absolute Gasteiger partial charge is 0.490 e. The predicted octanol–water partition coefficient (Wildman–Crippen LogP) is 3.30. The van der Waals surface area contributed by atoms with E-state index in [-0.39, 0.29) is 5.02 Å². The highest BCUT2D eigenvalue weighted by Crippen LogP contribution is 2.28. The number of nitrogens with zero attached hydrogens (tertiary/aromatic N) is 2. The van der Waals surface area contributed by atoms with E-state index in [4.69, 9.17) is 21.1 Å². The number of nitrogens with one attached hydrogen (secondary N) is 2. The molecule has 1 aromatic heterocycles. The number of ether oxygens (including phenoxy) is 2. The van der Waals surface area contributed by atoms with Crippen LogP contribution in [0, 0.1) is 5.92 Å². The molecule has 0 fully saturated rings. The van der Waals surface area contributed by atoms with Crippen LogP contribution in [0.3, 0.4) is 0 Å². The van der Waals surface area contributed by atoms with Crippen LogP contribution in [0.5, 0.6) is 11.5 Å². The van der Waals surface area contributed by atoms with E-state index in [9.17, 15) is 4.79 Å². The topological polar surface area (TPSA) is 88.6 Å². The number of halogens is 1. The fourth-order valence-corrected chi connectivity index (χ4v) is 2.02. The molecule has 2 aromatic rings. The molecule has 0 saturated carbocycles. The predicted molar refractivity (Wildman–Crippen MR) is 99.0 cm³/mol. The second-order valence-corrected chi connectivity index (χ2v) is 6.02. The molecule has 0 aliphatic carbocycles. The number of hydrogen-bond donors (Lipinski definition) is 2. The lowest BCUT2D eigenvalue weighted by Gasteiger charge is -2.13. The Hall–Kier alpha value is -2.54. The maximum Gasteiger partial charge on any atom is 0.285 e. The molecule has 1 aromatic carbocycles. The van der Waals surface area contributed by atoms with Gasteiger partial charge in [-0.25, -0.2) is 5.10 Å². The molecule has 2 N–H and O–H groups in total. The van der Waals surface area contributed by atoms with Crippen molar-refractivity contribution in [3.8, 4) is 11.5 Å². The van der Waals surface area contributed by atoms with Gasteiger partial charge in [-0.1, -0.05) is 25.4 Å². The lowest BCUT2D eigenvalue weighted by molar-refractivity contribution is 0.248. The van der Waals surface area contributed by atoms with Crippen LogP contribution in [0.2, 0.25) is 5.02 Å². The van der Waals surface area contributed by atoms with Gasteiger partial charge in [-0.3, -0.25) is 10.2 Å². The van der Waals surface area contributed by atoms with E-state index >= 15 is 0 Å². The molecule has 0 radical (unpaired) electrons. The number of anilines is 1. The van der Waals surface area contributed by atoms with Gasteiger partial charge >= 0.3 is 0 Å². The molecule has 25 heavy (non-hydrogen) atoms. The van der Waals surface area contributed by atoms with Crippen LogP contribution in [0.4, 0.5) is 5.69 Å². The standard InChI is InChI=1S/C17H21ClN4O3/c1-4-24-15-7-12(5-6-14(15)25-10-11(2)3)8-19-21-13-9-20-22-17(23)16(13)18/h5-9,11H,4,10H2,1-3H3,(H2,21,22,23)/b19-8-. The molecule has 0 spiro atoms. The van der Waals surface area contributed by atoms with Gasteiger partial charge < -0.3 is 9.47 Å². The minimum atomic E-state index is -0.479. The molecular formula is C17H21ClN4O3. The van der Waals surface area contributed by atoms with Gasteiger partial charge in [0.15, 0.2) is 11.5 Å². The number of aromatic nitrogens is 2. The second kappa shape index (κ2) is 9.08. The fourth-order valence-electron chi connectivity index (χ4n) is 1.89. The van der Waals surface area contributed by atoms with Crippen LogP contribution >= 0.6 is 11.6 Å². The maximum absolute atomic E-state index is 11.4. The summed E-state index contributed by atoms with van der Waals surface area (Å²) in [5.41, 5.74) is 3.34. The van der Waals surface area contributed by atoms with Crippen molar-refractivity contribution >= 4 is 23.5 Å². The lowest BCUT2D eigenvalue weighted by atomic mass is 10.2. The van der Waals surface area contributed by atoms with Crippen LogP contribution in [-0.4, -0.2) is 29.6 Å². The first-order chi connectivity index (χ1) is 12.0. The number of H-pyrrole nitrogens is 1. The minimum Gasteiger partial charge on any atom is -0.490 e.